The molecule has 2 aromatic carbocycles. The number of aromatic nitrogens is 1. The second kappa shape index (κ2) is 8.17. The quantitative estimate of drug-likeness (QED) is 0.376. The first-order valence-electron chi connectivity index (χ1n) is 8.14. The van der Waals surface area contributed by atoms with Crippen molar-refractivity contribution in [2.45, 2.75) is 13.8 Å². The van der Waals surface area contributed by atoms with Crippen LogP contribution in [0.5, 0.6) is 0 Å². The number of aryl methyl sites for hydroxylation is 1. The van der Waals surface area contributed by atoms with Crippen LogP contribution < -0.4 is 10.7 Å². The molecule has 0 saturated heterocycles. The normalized spacial score (nSPS) is 10.9. The Morgan fingerprint density at radius 2 is 1.85 bits per heavy atom. The Bertz CT molecular complexity index is 948. The van der Waals surface area contributed by atoms with Crippen molar-refractivity contribution in [2.24, 2.45) is 5.10 Å². The summed E-state index contributed by atoms with van der Waals surface area (Å²) in [5, 5.41) is 8.48. The van der Waals surface area contributed by atoms with Gasteiger partial charge in [-0.15, -0.1) is 0 Å². The Kier molecular flexibility index (Phi) is 5.71. The lowest BCUT2D eigenvalue weighted by molar-refractivity contribution is 0.964. The lowest BCUT2D eigenvalue weighted by atomic mass is 10.2. The molecule has 0 unspecified atom stereocenters. The number of benzene rings is 2. The van der Waals surface area contributed by atoms with E-state index < -0.39 is 0 Å². The molecule has 0 fully saturated rings. The van der Waals surface area contributed by atoms with Crippen LogP contribution in [0, 0.1) is 13.8 Å². The first-order chi connectivity index (χ1) is 12.5. The van der Waals surface area contributed by atoms with E-state index in [1.165, 1.54) is 0 Å². The fourth-order valence-electron chi connectivity index (χ4n) is 2.77. The van der Waals surface area contributed by atoms with Gasteiger partial charge in [-0.05, 0) is 62.5 Å². The molecule has 0 spiro atoms. The minimum absolute atomic E-state index is 0.441. The van der Waals surface area contributed by atoms with Crippen molar-refractivity contribution >= 4 is 40.8 Å². The van der Waals surface area contributed by atoms with Gasteiger partial charge in [0.2, 0.25) is 0 Å². The summed E-state index contributed by atoms with van der Waals surface area (Å²) in [5.41, 5.74) is 7.99. The summed E-state index contributed by atoms with van der Waals surface area (Å²) >= 11 is 11.4. The summed E-state index contributed by atoms with van der Waals surface area (Å²) in [5.74, 6) is 0. The SMILES string of the molecule is Cc1cc(/C=N/NC(=S)Nc2ccccc2)c(C)n1-c1cccc(Cl)c1. The fraction of sp³-hybridized carbons (Fsp3) is 0.100. The third kappa shape index (κ3) is 4.31. The number of rotatable bonds is 4. The van der Waals surface area contributed by atoms with Gasteiger partial charge >= 0.3 is 0 Å². The highest BCUT2D eigenvalue weighted by Gasteiger charge is 2.09. The van der Waals surface area contributed by atoms with Gasteiger partial charge in [0, 0.05) is 33.3 Å². The standard InChI is InChI=1S/C20H19ClN4S/c1-14-11-16(15(2)25(14)19-10-6-7-17(21)12-19)13-22-24-20(26)23-18-8-4-3-5-9-18/h3-13H,1-2H3,(H2,23,24,26)/b22-13+. The average molecular weight is 383 g/mol. The number of anilines is 1. The van der Waals surface area contributed by atoms with E-state index in [9.17, 15) is 0 Å². The molecule has 132 valence electrons. The minimum atomic E-state index is 0.441. The van der Waals surface area contributed by atoms with Crippen molar-refractivity contribution in [3.8, 4) is 5.69 Å². The number of para-hydroxylation sites is 1. The second-order valence-corrected chi connectivity index (χ2v) is 6.68. The van der Waals surface area contributed by atoms with Gasteiger partial charge in [0.15, 0.2) is 5.11 Å². The summed E-state index contributed by atoms with van der Waals surface area (Å²) in [7, 11) is 0. The highest BCUT2D eigenvalue weighted by molar-refractivity contribution is 7.80. The Morgan fingerprint density at radius 1 is 1.08 bits per heavy atom. The van der Waals surface area contributed by atoms with Gasteiger partial charge < -0.3 is 9.88 Å². The van der Waals surface area contributed by atoms with Gasteiger partial charge in [0.25, 0.3) is 0 Å². The second-order valence-electron chi connectivity index (χ2n) is 5.83. The molecule has 0 atom stereocenters. The van der Waals surface area contributed by atoms with Crippen molar-refractivity contribution < 1.29 is 0 Å². The number of hydrazone groups is 1. The van der Waals surface area contributed by atoms with Crippen LogP contribution in [0.25, 0.3) is 5.69 Å². The zero-order valence-electron chi connectivity index (χ0n) is 14.5. The number of nitrogens with zero attached hydrogens (tertiary/aromatic N) is 2. The topological polar surface area (TPSA) is 41.4 Å². The Balaban J connectivity index is 1.71. The molecule has 1 heterocycles. The molecule has 0 aliphatic rings. The third-order valence-corrected chi connectivity index (χ3v) is 4.37. The third-order valence-electron chi connectivity index (χ3n) is 3.94. The van der Waals surface area contributed by atoms with Crippen LogP contribution in [0.15, 0.2) is 65.8 Å². The molecule has 0 aliphatic carbocycles. The summed E-state index contributed by atoms with van der Waals surface area (Å²) in [6, 6.07) is 19.6. The van der Waals surface area contributed by atoms with Crippen molar-refractivity contribution in [2.75, 3.05) is 5.32 Å². The predicted octanol–water partition coefficient (Wildman–Crippen LogP) is 5.07. The molecule has 26 heavy (non-hydrogen) atoms. The molecule has 0 bridgehead atoms. The van der Waals surface area contributed by atoms with E-state index in [2.05, 4.69) is 40.3 Å². The molecule has 0 amide bonds. The predicted molar refractivity (Wildman–Crippen MR) is 114 cm³/mol. The maximum absolute atomic E-state index is 6.12. The molecule has 0 saturated carbocycles. The fourth-order valence-corrected chi connectivity index (χ4v) is 3.13. The van der Waals surface area contributed by atoms with Crippen LogP contribution in [-0.4, -0.2) is 15.9 Å². The maximum atomic E-state index is 6.12. The van der Waals surface area contributed by atoms with E-state index in [4.69, 9.17) is 23.8 Å². The summed E-state index contributed by atoms with van der Waals surface area (Å²) < 4.78 is 2.15. The van der Waals surface area contributed by atoms with Crippen molar-refractivity contribution in [3.63, 3.8) is 0 Å². The van der Waals surface area contributed by atoms with Gasteiger partial charge in [-0.2, -0.15) is 5.10 Å². The van der Waals surface area contributed by atoms with E-state index in [0.717, 1.165) is 28.3 Å². The van der Waals surface area contributed by atoms with Gasteiger partial charge in [0.05, 0.1) is 6.21 Å². The molecule has 6 heteroatoms. The number of halogens is 1. The van der Waals surface area contributed by atoms with Crippen LogP contribution in [0.2, 0.25) is 5.02 Å². The van der Waals surface area contributed by atoms with Crippen molar-refractivity contribution in [3.05, 3.63) is 82.6 Å². The molecule has 3 rings (SSSR count). The number of hydrogen-bond acceptors (Lipinski definition) is 2. The number of thiocarbonyl (C=S) groups is 1. The Hall–Kier alpha value is -2.63. The molecular weight excluding hydrogens is 364 g/mol. The smallest absolute Gasteiger partial charge is 0.191 e. The van der Waals surface area contributed by atoms with E-state index >= 15 is 0 Å². The van der Waals surface area contributed by atoms with Crippen LogP contribution >= 0.6 is 23.8 Å². The van der Waals surface area contributed by atoms with Gasteiger partial charge in [0.1, 0.15) is 0 Å². The monoisotopic (exact) mass is 382 g/mol. The van der Waals surface area contributed by atoms with Crippen LogP contribution in [0.3, 0.4) is 0 Å². The largest absolute Gasteiger partial charge is 0.331 e. The zero-order chi connectivity index (χ0) is 18.5. The van der Waals surface area contributed by atoms with E-state index in [1.54, 1.807) is 6.21 Å². The molecule has 0 aliphatic heterocycles. The van der Waals surface area contributed by atoms with Crippen LogP contribution in [-0.2, 0) is 0 Å². The van der Waals surface area contributed by atoms with Crippen molar-refractivity contribution in [1.82, 2.24) is 9.99 Å². The lowest BCUT2D eigenvalue weighted by Gasteiger charge is -2.09. The molecule has 4 nitrogen and oxygen atoms in total. The van der Waals surface area contributed by atoms with Crippen LogP contribution in [0.1, 0.15) is 17.0 Å². The number of hydrogen-bond donors (Lipinski definition) is 2. The van der Waals surface area contributed by atoms with E-state index in [1.807, 2.05) is 54.6 Å². The molecule has 3 aromatic rings. The maximum Gasteiger partial charge on any atom is 0.191 e. The van der Waals surface area contributed by atoms with E-state index in [-0.39, 0.29) is 0 Å². The average Bonchev–Trinajstić information content (AvgIpc) is 2.89. The molecule has 0 radical (unpaired) electrons. The van der Waals surface area contributed by atoms with Gasteiger partial charge in [-0.3, -0.25) is 5.43 Å². The first kappa shape index (κ1) is 18.2. The van der Waals surface area contributed by atoms with Crippen molar-refractivity contribution in [1.29, 1.82) is 0 Å². The minimum Gasteiger partial charge on any atom is -0.331 e. The molecule has 1 aromatic heterocycles. The summed E-state index contributed by atoms with van der Waals surface area (Å²) in [4.78, 5) is 0. The van der Waals surface area contributed by atoms with E-state index in [0.29, 0.717) is 10.1 Å². The highest BCUT2D eigenvalue weighted by atomic mass is 35.5. The summed E-state index contributed by atoms with van der Waals surface area (Å²) in [6.45, 7) is 4.11. The number of nitrogens with one attached hydrogen (secondary N) is 2. The highest BCUT2D eigenvalue weighted by Crippen LogP contribution is 2.22. The summed E-state index contributed by atoms with van der Waals surface area (Å²) in [6.07, 6.45) is 1.77. The molecule has 2 N–H and O–H groups in total. The Morgan fingerprint density at radius 3 is 2.58 bits per heavy atom. The van der Waals surface area contributed by atoms with Gasteiger partial charge in [-0.25, -0.2) is 0 Å². The molecular formula is C20H19ClN4S. The van der Waals surface area contributed by atoms with Crippen LogP contribution in [0.4, 0.5) is 5.69 Å². The van der Waals surface area contributed by atoms with Gasteiger partial charge in [-0.1, -0.05) is 35.9 Å². The first-order valence-corrected chi connectivity index (χ1v) is 8.93. The lowest BCUT2D eigenvalue weighted by Crippen LogP contribution is -2.23. The zero-order valence-corrected chi connectivity index (χ0v) is 16.1. The Labute approximate surface area is 163 Å².